The summed E-state index contributed by atoms with van der Waals surface area (Å²) in [5.41, 5.74) is 2.50. The van der Waals surface area contributed by atoms with E-state index in [2.05, 4.69) is 28.6 Å². The topological polar surface area (TPSA) is 44.9 Å². The number of para-hydroxylation sites is 1. The van der Waals surface area contributed by atoms with Gasteiger partial charge in [0.2, 0.25) is 5.91 Å². The van der Waals surface area contributed by atoms with Crippen molar-refractivity contribution in [2.24, 2.45) is 0 Å². The summed E-state index contributed by atoms with van der Waals surface area (Å²) in [6.07, 6.45) is 4.02. The number of carbonyl (C=O) groups excluding carboxylic acids is 1. The van der Waals surface area contributed by atoms with E-state index in [1.807, 2.05) is 12.1 Å². The van der Waals surface area contributed by atoms with E-state index in [1.165, 1.54) is 16.5 Å². The number of amides is 1. The first-order valence-corrected chi connectivity index (χ1v) is 5.57. The van der Waals surface area contributed by atoms with Gasteiger partial charge in [0.05, 0.1) is 0 Å². The van der Waals surface area contributed by atoms with Crippen LogP contribution in [0, 0.1) is 0 Å². The fourth-order valence-corrected chi connectivity index (χ4v) is 1.88. The molecule has 1 aromatic heterocycles. The molecule has 0 saturated heterocycles. The van der Waals surface area contributed by atoms with Gasteiger partial charge in [-0.15, -0.1) is 0 Å². The maximum Gasteiger partial charge on any atom is 0.216 e. The summed E-state index contributed by atoms with van der Waals surface area (Å²) in [6, 6.07) is 8.28. The summed E-state index contributed by atoms with van der Waals surface area (Å²) in [7, 11) is 0. The van der Waals surface area contributed by atoms with Gasteiger partial charge in [0.15, 0.2) is 0 Å². The minimum absolute atomic E-state index is 0.0407. The average Bonchev–Trinajstić information content (AvgIpc) is 2.68. The molecule has 1 amide bonds. The number of aryl methyl sites for hydroxylation is 1. The predicted octanol–water partition coefficient (Wildman–Crippen LogP) is 2.24. The summed E-state index contributed by atoms with van der Waals surface area (Å²) in [5.74, 6) is 0.0407. The summed E-state index contributed by atoms with van der Waals surface area (Å²) in [5, 5.41) is 4.09. The molecule has 0 fully saturated rings. The molecule has 2 rings (SSSR count). The molecule has 2 N–H and O–H groups in total. The maximum absolute atomic E-state index is 10.7. The molecule has 0 unspecified atom stereocenters. The van der Waals surface area contributed by atoms with Crippen LogP contribution in [0.4, 0.5) is 0 Å². The first-order chi connectivity index (χ1) is 7.77. The predicted molar refractivity (Wildman–Crippen MR) is 65.3 cm³/mol. The van der Waals surface area contributed by atoms with Crippen LogP contribution >= 0.6 is 0 Å². The molecular weight excluding hydrogens is 200 g/mol. The second-order valence-corrected chi connectivity index (χ2v) is 3.95. The molecule has 0 aliphatic heterocycles. The van der Waals surface area contributed by atoms with Crippen molar-refractivity contribution in [3.63, 3.8) is 0 Å². The van der Waals surface area contributed by atoms with Gasteiger partial charge in [0, 0.05) is 30.6 Å². The van der Waals surface area contributed by atoms with Gasteiger partial charge in [-0.25, -0.2) is 0 Å². The number of hydrogen-bond acceptors (Lipinski definition) is 1. The standard InChI is InChI=1S/C13H16N2O/c1-10(16)14-8-4-5-11-9-15-13-7-3-2-6-12(11)13/h2-3,6-7,9,15H,4-5,8H2,1H3,(H,14,16). The van der Waals surface area contributed by atoms with Gasteiger partial charge in [0.1, 0.15) is 0 Å². The minimum atomic E-state index is 0.0407. The van der Waals surface area contributed by atoms with E-state index in [-0.39, 0.29) is 5.91 Å². The third-order valence-corrected chi connectivity index (χ3v) is 2.67. The van der Waals surface area contributed by atoms with Crippen LogP contribution in [0.25, 0.3) is 10.9 Å². The van der Waals surface area contributed by atoms with E-state index in [9.17, 15) is 4.79 Å². The molecule has 1 aromatic carbocycles. The highest BCUT2D eigenvalue weighted by atomic mass is 16.1. The largest absolute Gasteiger partial charge is 0.361 e. The van der Waals surface area contributed by atoms with Crippen molar-refractivity contribution in [3.8, 4) is 0 Å². The lowest BCUT2D eigenvalue weighted by molar-refractivity contribution is -0.118. The first kappa shape index (κ1) is 10.7. The summed E-state index contributed by atoms with van der Waals surface area (Å²) < 4.78 is 0. The molecule has 16 heavy (non-hydrogen) atoms. The molecule has 84 valence electrons. The third kappa shape index (κ3) is 2.42. The molecule has 2 aromatic rings. The fourth-order valence-electron chi connectivity index (χ4n) is 1.88. The molecule has 3 heteroatoms. The molecule has 0 saturated carbocycles. The van der Waals surface area contributed by atoms with E-state index in [1.54, 1.807) is 6.92 Å². The Bertz CT molecular complexity index is 487. The quantitative estimate of drug-likeness (QED) is 0.756. The second-order valence-electron chi connectivity index (χ2n) is 3.95. The van der Waals surface area contributed by atoms with Crippen LogP contribution in [0.1, 0.15) is 18.9 Å². The number of aromatic amines is 1. The van der Waals surface area contributed by atoms with Gasteiger partial charge in [0.25, 0.3) is 0 Å². The number of carbonyl (C=O) groups is 1. The summed E-state index contributed by atoms with van der Waals surface area (Å²) in [4.78, 5) is 14.0. The van der Waals surface area contributed by atoms with Crippen molar-refractivity contribution in [1.82, 2.24) is 10.3 Å². The van der Waals surface area contributed by atoms with Crippen LogP contribution in [0.2, 0.25) is 0 Å². The van der Waals surface area contributed by atoms with Crippen molar-refractivity contribution in [2.75, 3.05) is 6.54 Å². The molecule has 0 spiro atoms. The Kier molecular flexibility index (Phi) is 3.25. The van der Waals surface area contributed by atoms with Gasteiger partial charge in [-0.1, -0.05) is 18.2 Å². The van der Waals surface area contributed by atoms with Crippen LogP contribution in [-0.2, 0) is 11.2 Å². The smallest absolute Gasteiger partial charge is 0.216 e. The van der Waals surface area contributed by atoms with Gasteiger partial charge in [-0.05, 0) is 24.5 Å². The van der Waals surface area contributed by atoms with E-state index in [0.29, 0.717) is 0 Å². The van der Waals surface area contributed by atoms with Crippen molar-refractivity contribution in [2.45, 2.75) is 19.8 Å². The van der Waals surface area contributed by atoms with Crippen molar-refractivity contribution in [3.05, 3.63) is 36.0 Å². The van der Waals surface area contributed by atoms with Crippen LogP contribution < -0.4 is 5.32 Å². The molecule has 0 aliphatic carbocycles. The Hall–Kier alpha value is -1.77. The fraction of sp³-hybridized carbons (Fsp3) is 0.308. The Balaban J connectivity index is 1.97. The van der Waals surface area contributed by atoms with Crippen molar-refractivity contribution in [1.29, 1.82) is 0 Å². The molecule has 0 atom stereocenters. The zero-order valence-electron chi connectivity index (χ0n) is 9.42. The van der Waals surface area contributed by atoms with E-state index < -0.39 is 0 Å². The van der Waals surface area contributed by atoms with Gasteiger partial charge >= 0.3 is 0 Å². The van der Waals surface area contributed by atoms with Gasteiger partial charge in [-0.3, -0.25) is 4.79 Å². The highest BCUT2D eigenvalue weighted by molar-refractivity contribution is 5.83. The summed E-state index contributed by atoms with van der Waals surface area (Å²) >= 11 is 0. The molecule has 1 heterocycles. The molecule has 0 bridgehead atoms. The third-order valence-electron chi connectivity index (χ3n) is 2.67. The molecule has 0 aliphatic rings. The van der Waals surface area contributed by atoms with Gasteiger partial charge in [-0.2, -0.15) is 0 Å². The number of aromatic nitrogens is 1. The number of hydrogen-bond donors (Lipinski definition) is 2. The zero-order valence-corrected chi connectivity index (χ0v) is 9.42. The number of rotatable bonds is 4. The first-order valence-electron chi connectivity index (χ1n) is 5.57. The second kappa shape index (κ2) is 4.84. The molecule has 0 radical (unpaired) electrons. The number of benzene rings is 1. The van der Waals surface area contributed by atoms with Crippen LogP contribution in [0.15, 0.2) is 30.5 Å². The van der Waals surface area contributed by atoms with Crippen molar-refractivity contribution < 1.29 is 4.79 Å². The molecule has 3 nitrogen and oxygen atoms in total. The van der Waals surface area contributed by atoms with E-state index >= 15 is 0 Å². The monoisotopic (exact) mass is 216 g/mol. The molecular formula is C13H16N2O. The Morgan fingerprint density at radius 3 is 3.00 bits per heavy atom. The Morgan fingerprint density at radius 2 is 2.19 bits per heavy atom. The number of H-pyrrole nitrogens is 1. The Morgan fingerprint density at radius 1 is 1.38 bits per heavy atom. The lowest BCUT2D eigenvalue weighted by Gasteiger charge is -2.01. The average molecular weight is 216 g/mol. The SMILES string of the molecule is CC(=O)NCCCc1c[nH]c2ccccc12. The number of nitrogens with one attached hydrogen (secondary N) is 2. The zero-order chi connectivity index (χ0) is 11.4. The highest BCUT2D eigenvalue weighted by Gasteiger charge is 2.02. The summed E-state index contributed by atoms with van der Waals surface area (Å²) in [6.45, 7) is 2.29. The lowest BCUT2D eigenvalue weighted by atomic mass is 10.1. The normalized spacial score (nSPS) is 10.6. The van der Waals surface area contributed by atoms with Gasteiger partial charge < -0.3 is 10.3 Å². The van der Waals surface area contributed by atoms with Crippen LogP contribution in [-0.4, -0.2) is 17.4 Å². The minimum Gasteiger partial charge on any atom is -0.361 e. The highest BCUT2D eigenvalue weighted by Crippen LogP contribution is 2.18. The maximum atomic E-state index is 10.7. The van der Waals surface area contributed by atoms with Crippen LogP contribution in [0.5, 0.6) is 0 Å². The van der Waals surface area contributed by atoms with E-state index in [4.69, 9.17) is 0 Å². The van der Waals surface area contributed by atoms with E-state index in [0.717, 1.165) is 19.4 Å². The number of fused-ring (bicyclic) bond motifs is 1. The van der Waals surface area contributed by atoms with Crippen LogP contribution in [0.3, 0.4) is 0 Å². The lowest BCUT2D eigenvalue weighted by Crippen LogP contribution is -2.21. The Labute approximate surface area is 94.9 Å². The van der Waals surface area contributed by atoms with Crippen molar-refractivity contribution >= 4 is 16.8 Å².